The van der Waals surface area contributed by atoms with E-state index in [1.165, 1.54) is 5.57 Å². The molecule has 0 radical (unpaired) electrons. The van der Waals surface area contributed by atoms with Gasteiger partial charge in [-0.05, 0) is 106 Å². The first-order valence-electron chi connectivity index (χ1n) is 17.5. The lowest BCUT2D eigenvalue weighted by molar-refractivity contribution is -0.364. The van der Waals surface area contributed by atoms with Gasteiger partial charge in [-0.15, -0.1) is 8.67 Å². The predicted octanol–water partition coefficient (Wildman–Crippen LogP) is 4.51. The van der Waals surface area contributed by atoms with Crippen LogP contribution in [0, 0.1) is 40.4 Å². The van der Waals surface area contributed by atoms with Gasteiger partial charge in [-0.25, -0.2) is 9.78 Å². The molecule has 0 spiro atoms. The highest BCUT2D eigenvalue weighted by molar-refractivity contribution is 7.74. The van der Waals surface area contributed by atoms with Crippen molar-refractivity contribution in [3.63, 3.8) is 0 Å². The summed E-state index contributed by atoms with van der Waals surface area (Å²) in [5.41, 5.74) is 0.201. The molecule has 14 unspecified atom stereocenters. The second-order valence-corrected chi connectivity index (χ2v) is 17.2. The van der Waals surface area contributed by atoms with Crippen LogP contribution in [0.4, 0.5) is 0 Å². The van der Waals surface area contributed by atoms with Crippen LogP contribution in [0.2, 0.25) is 0 Å². The van der Waals surface area contributed by atoms with E-state index in [1.807, 2.05) is 6.92 Å². The van der Waals surface area contributed by atoms with E-state index in [0.29, 0.717) is 31.1 Å². The molecule has 0 amide bonds. The smallest absolute Gasteiger partial charge is 0.331 e. The van der Waals surface area contributed by atoms with E-state index < -0.39 is 71.2 Å². The molecule has 1 aliphatic heterocycles. The van der Waals surface area contributed by atoms with Crippen LogP contribution in [0.1, 0.15) is 106 Å². The molecule has 4 fully saturated rings. The highest BCUT2D eigenvalue weighted by atomic mass is 32.2. The largest absolute Gasteiger partial charge is 0.390 e. The van der Waals surface area contributed by atoms with E-state index in [9.17, 15) is 28.3 Å². The van der Waals surface area contributed by atoms with Gasteiger partial charge in [-0.2, -0.15) is 8.42 Å². The molecule has 0 aromatic carbocycles. The summed E-state index contributed by atoms with van der Waals surface area (Å²) in [6.45, 7) is 12.6. The minimum Gasteiger partial charge on any atom is -0.390 e. The van der Waals surface area contributed by atoms with E-state index in [-0.39, 0.29) is 28.6 Å². The molecule has 48 heavy (non-hydrogen) atoms. The molecule has 4 aliphatic carbocycles. The van der Waals surface area contributed by atoms with Crippen LogP contribution in [-0.2, 0) is 50.6 Å². The third-order valence-corrected chi connectivity index (χ3v) is 13.1. The van der Waals surface area contributed by atoms with Crippen molar-refractivity contribution in [3.8, 4) is 0 Å². The highest BCUT2D eigenvalue weighted by Gasteiger charge is 2.62. The second-order valence-electron chi connectivity index (χ2n) is 16.1. The Bertz CT molecular complexity index is 1200. The van der Waals surface area contributed by atoms with Gasteiger partial charge < -0.3 is 24.8 Å². The molecule has 15 heteroatoms. The number of ether oxygens (including phenoxy) is 2. The fourth-order valence-corrected chi connectivity index (χ4v) is 10.7. The standard InChI is InChI=1S/C33H56O13S2/c1-18(2)8-7-13-33(6,36)26-10-9-22-21-17-25(42-30-28(35)27(34)29(19(3)41-30)44-46-48(39)40)24-16-20(43-45-47(37)38)11-14-31(24,4)23(21)12-15-32(22,26)5/h12,18-22,24-30,34-36H,7-11,13-17H2,1-6H3,(H,37,38)(H,39,40)/t19?,20?,21?,22?,24-,25?,26?,27?,28?,29?,30?,31?,32?,33+/m1/s1. The molecule has 0 aromatic rings. The minimum absolute atomic E-state index is 0.106. The number of aliphatic hydroxyl groups excluding tert-OH is 2. The van der Waals surface area contributed by atoms with Crippen LogP contribution in [0.25, 0.3) is 0 Å². The monoisotopic (exact) mass is 724 g/mol. The molecule has 1 heterocycles. The molecule has 5 N–H and O–H groups in total. The topological polar surface area (TPSA) is 191 Å². The fourth-order valence-electron chi connectivity index (χ4n) is 10.4. The Morgan fingerprint density at radius 3 is 2.38 bits per heavy atom. The van der Waals surface area contributed by atoms with Crippen LogP contribution < -0.4 is 0 Å². The van der Waals surface area contributed by atoms with Crippen molar-refractivity contribution < 1.29 is 60.8 Å². The molecule has 13 nitrogen and oxygen atoms in total. The van der Waals surface area contributed by atoms with Gasteiger partial charge in [0.25, 0.3) is 0 Å². The normalized spacial score (nSPS) is 45.4. The van der Waals surface area contributed by atoms with Crippen molar-refractivity contribution in [3.05, 3.63) is 11.6 Å². The Balaban J connectivity index is 1.41. The van der Waals surface area contributed by atoms with Gasteiger partial charge >= 0.3 is 22.7 Å². The van der Waals surface area contributed by atoms with Crippen molar-refractivity contribution in [2.24, 2.45) is 40.4 Å². The lowest BCUT2D eigenvalue weighted by Crippen LogP contribution is -2.61. The summed E-state index contributed by atoms with van der Waals surface area (Å²) in [5, 5.41) is 33.9. The van der Waals surface area contributed by atoms with Crippen LogP contribution in [0.15, 0.2) is 11.6 Å². The maximum absolute atomic E-state index is 11.9. The van der Waals surface area contributed by atoms with Gasteiger partial charge in [0.2, 0.25) is 0 Å². The molecule has 5 aliphatic rings. The first kappa shape index (κ1) is 38.8. The highest BCUT2D eigenvalue weighted by Crippen LogP contribution is 2.67. The molecular weight excluding hydrogens is 668 g/mol. The van der Waals surface area contributed by atoms with Crippen molar-refractivity contribution >= 4 is 22.7 Å². The summed E-state index contributed by atoms with van der Waals surface area (Å²) in [6.07, 6.45) is 3.19. The van der Waals surface area contributed by atoms with Gasteiger partial charge in [0.15, 0.2) is 6.29 Å². The zero-order valence-corrected chi connectivity index (χ0v) is 30.5. The summed E-state index contributed by atoms with van der Waals surface area (Å²) in [5.74, 6) is 1.09. The molecule has 16 atom stereocenters. The Morgan fingerprint density at radius 2 is 1.71 bits per heavy atom. The van der Waals surface area contributed by atoms with Crippen molar-refractivity contribution in [2.45, 2.75) is 154 Å². The van der Waals surface area contributed by atoms with Gasteiger partial charge in [-0.3, -0.25) is 9.11 Å². The Kier molecular flexibility index (Phi) is 12.4. The predicted molar refractivity (Wildman–Crippen MR) is 175 cm³/mol. The van der Waals surface area contributed by atoms with Crippen LogP contribution >= 0.6 is 0 Å². The Labute approximate surface area is 289 Å². The number of allylic oxidation sites excluding steroid dienone is 2. The number of fused-ring (bicyclic) bond motifs is 5. The van der Waals surface area contributed by atoms with Crippen LogP contribution in [0.5, 0.6) is 0 Å². The first-order chi connectivity index (χ1) is 22.5. The van der Waals surface area contributed by atoms with Crippen molar-refractivity contribution in [1.82, 2.24) is 0 Å². The van der Waals surface area contributed by atoms with Gasteiger partial charge in [0.05, 0.1) is 23.9 Å². The maximum atomic E-state index is 11.9. The summed E-state index contributed by atoms with van der Waals surface area (Å²) in [7, 11) is 0. The average Bonchev–Trinajstić information content (AvgIpc) is 3.36. The first-order valence-corrected chi connectivity index (χ1v) is 19.5. The number of hydrogen-bond donors (Lipinski definition) is 5. The van der Waals surface area contributed by atoms with Crippen LogP contribution in [-0.4, -0.2) is 81.4 Å². The molecule has 0 aromatic heterocycles. The van der Waals surface area contributed by atoms with E-state index in [4.69, 9.17) is 23.8 Å². The molecule has 278 valence electrons. The Morgan fingerprint density at radius 1 is 1.02 bits per heavy atom. The molecule has 0 bridgehead atoms. The van der Waals surface area contributed by atoms with Gasteiger partial charge in [0.1, 0.15) is 18.3 Å². The zero-order valence-electron chi connectivity index (χ0n) is 28.9. The average molecular weight is 725 g/mol. The van der Waals surface area contributed by atoms with Crippen molar-refractivity contribution in [2.75, 3.05) is 0 Å². The molecule has 1 saturated heterocycles. The van der Waals surface area contributed by atoms with Crippen LogP contribution in [0.3, 0.4) is 0 Å². The summed E-state index contributed by atoms with van der Waals surface area (Å²) >= 11 is -5.32. The van der Waals surface area contributed by atoms with Crippen molar-refractivity contribution in [1.29, 1.82) is 0 Å². The SMILES string of the molecule is CC(C)CCC[C@](C)(O)C1CCC2C3CC(OC4OC(C)C(OOS(=O)O)C(O)C4O)[C@H]4CC(OOS(=O)O)CCC4(C)C3=CCC21C. The number of hydrogen-bond acceptors (Lipinski definition) is 11. The second kappa shape index (κ2) is 15.3. The van der Waals surface area contributed by atoms with E-state index in [1.54, 1.807) is 6.92 Å². The molecule has 3 saturated carbocycles. The maximum Gasteiger partial charge on any atom is 0.331 e. The summed E-state index contributed by atoms with van der Waals surface area (Å²) in [4.78, 5) is 10.3. The molecule has 5 rings (SSSR count). The zero-order chi connectivity index (χ0) is 35.2. The number of rotatable bonds is 13. The third kappa shape index (κ3) is 7.83. The molecular formula is C33H56O13S2. The van der Waals surface area contributed by atoms with E-state index in [0.717, 1.165) is 44.9 Å². The van der Waals surface area contributed by atoms with Gasteiger partial charge in [-0.1, -0.05) is 52.2 Å². The fraction of sp³-hybridized carbons (Fsp3) is 0.939. The van der Waals surface area contributed by atoms with E-state index in [2.05, 4.69) is 42.4 Å². The summed E-state index contributed by atoms with van der Waals surface area (Å²) in [6, 6.07) is 0. The number of aliphatic hydroxyl groups is 3. The summed E-state index contributed by atoms with van der Waals surface area (Å²) < 4.78 is 61.9. The quantitative estimate of drug-likeness (QED) is 0.0773. The third-order valence-electron chi connectivity index (χ3n) is 12.7. The Hall–Kier alpha value is -0.400. The lowest BCUT2D eigenvalue weighted by atomic mass is 9.47. The van der Waals surface area contributed by atoms with E-state index >= 15 is 0 Å². The minimum atomic E-state index is -2.74. The van der Waals surface area contributed by atoms with Gasteiger partial charge in [0, 0.05) is 0 Å². The lowest BCUT2D eigenvalue weighted by Gasteiger charge is -2.60.